The molecule has 3 nitrogen and oxygen atoms in total. The second kappa shape index (κ2) is 5.69. The summed E-state index contributed by atoms with van der Waals surface area (Å²) >= 11 is 1.80. The van der Waals surface area contributed by atoms with E-state index in [0.29, 0.717) is 6.54 Å². The fourth-order valence-electron chi connectivity index (χ4n) is 2.21. The summed E-state index contributed by atoms with van der Waals surface area (Å²) in [4.78, 5) is 5.97. The second-order valence-electron chi connectivity index (χ2n) is 4.72. The molecular weight excluding hydrogens is 266 g/mol. The normalized spacial score (nSPS) is 11.1. The molecule has 0 bridgehead atoms. The summed E-state index contributed by atoms with van der Waals surface area (Å²) < 4.78 is 2.16. The van der Waals surface area contributed by atoms with E-state index in [1.165, 1.54) is 4.90 Å². The van der Waals surface area contributed by atoms with Crippen LogP contribution < -0.4 is 5.73 Å². The maximum atomic E-state index is 5.70. The molecule has 1 heterocycles. The van der Waals surface area contributed by atoms with Gasteiger partial charge in [-0.2, -0.15) is 0 Å². The van der Waals surface area contributed by atoms with Crippen LogP contribution in [-0.2, 0) is 19.3 Å². The van der Waals surface area contributed by atoms with Crippen molar-refractivity contribution in [2.75, 3.05) is 0 Å². The van der Waals surface area contributed by atoms with Gasteiger partial charge in [-0.15, -0.1) is 11.8 Å². The lowest BCUT2D eigenvalue weighted by molar-refractivity contribution is 0.875. The molecule has 4 heteroatoms. The van der Waals surface area contributed by atoms with Gasteiger partial charge in [0.05, 0.1) is 16.8 Å². The average molecular weight is 283 g/mol. The van der Waals surface area contributed by atoms with Crippen LogP contribution in [0.15, 0.2) is 53.4 Å². The van der Waals surface area contributed by atoms with Crippen molar-refractivity contribution in [1.29, 1.82) is 0 Å². The zero-order valence-electron chi connectivity index (χ0n) is 11.4. The molecule has 3 rings (SSSR count). The summed E-state index contributed by atoms with van der Waals surface area (Å²) in [5.41, 5.74) is 9.03. The quantitative estimate of drug-likeness (QED) is 0.747. The number of hydrogen-bond acceptors (Lipinski definition) is 3. The molecule has 102 valence electrons. The van der Waals surface area contributed by atoms with Crippen LogP contribution in [0, 0.1) is 0 Å². The highest BCUT2D eigenvalue weighted by atomic mass is 32.2. The molecule has 3 aromatic rings. The van der Waals surface area contributed by atoms with E-state index >= 15 is 0 Å². The first-order chi connectivity index (χ1) is 9.78. The number of imidazole rings is 1. The van der Waals surface area contributed by atoms with Gasteiger partial charge in [-0.3, -0.25) is 0 Å². The molecule has 0 amide bonds. The van der Waals surface area contributed by atoms with Crippen LogP contribution in [0.1, 0.15) is 11.4 Å². The third kappa shape index (κ3) is 2.57. The van der Waals surface area contributed by atoms with Gasteiger partial charge in [-0.25, -0.2) is 4.98 Å². The van der Waals surface area contributed by atoms with E-state index in [0.717, 1.165) is 28.2 Å². The number of thioether (sulfide) groups is 1. The SMILES string of the molecule is Cn1c(CSc2ccccc2)nc2ccc(CN)cc21. The Kier molecular flexibility index (Phi) is 3.76. The second-order valence-corrected chi connectivity index (χ2v) is 5.76. The number of nitrogens with zero attached hydrogens (tertiary/aromatic N) is 2. The van der Waals surface area contributed by atoms with Crippen molar-refractivity contribution in [3.8, 4) is 0 Å². The van der Waals surface area contributed by atoms with Gasteiger partial charge in [0.15, 0.2) is 0 Å². The van der Waals surface area contributed by atoms with Gasteiger partial charge in [-0.05, 0) is 29.8 Å². The van der Waals surface area contributed by atoms with Crippen molar-refractivity contribution in [2.45, 2.75) is 17.2 Å². The van der Waals surface area contributed by atoms with Crippen molar-refractivity contribution in [3.05, 3.63) is 59.9 Å². The number of hydrogen-bond donors (Lipinski definition) is 1. The average Bonchev–Trinajstić information content (AvgIpc) is 2.82. The molecule has 0 aliphatic rings. The predicted molar refractivity (Wildman–Crippen MR) is 84.6 cm³/mol. The Hall–Kier alpha value is -1.78. The Bertz CT molecular complexity index is 719. The smallest absolute Gasteiger partial charge is 0.120 e. The van der Waals surface area contributed by atoms with Gasteiger partial charge in [0.2, 0.25) is 0 Å². The minimum absolute atomic E-state index is 0.565. The zero-order chi connectivity index (χ0) is 13.9. The molecule has 0 saturated carbocycles. The first-order valence-electron chi connectivity index (χ1n) is 6.60. The molecule has 1 aromatic heterocycles. The standard InChI is InChI=1S/C16H17N3S/c1-19-15-9-12(10-17)7-8-14(15)18-16(19)11-20-13-5-3-2-4-6-13/h2-9H,10-11,17H2,1H3. The van der Waals surface area contributed by atoms with Crippen LogP contribution in [0.3, 0.4) is 0 Å². The third-order valence-corrected chi connectivity index (χ3v) is 4.39. The largest absolute Gasteiger partial charge is 0.330 e. The van der Waals surface area contributed by atoms with Crippen LogP contribution in [0.4, 0.5) is 0 Å². The minimum atomic E-state index is 0.565. The molecule has 20 heavy (non-hydrogen) atoms. The highest BCUT2D eigenvalue weighted by Gasteiger charge is 2.08. The molecule has 0 aliphatic carbocycles. The summed E-state index contributed by atoms with van der Waals surface area (Å²) in [6.07, 6.45) is 0. The van der Waals surface area contributed by atoms with Crippen molar-refractivity contribution < 1.29 is 0 Å². The maximum absolute atomic E-state index is 5.70. The number of aryl methyl sites for hydroxylation is 1. The Labute approximate surface area is 122 Å². The van der Waals surface area contributed by atoms with E-state index in [1.54, 1.807) is 11.8 Å². The van der Waals surface area contributed by atoms with Crippen LogP contribution in [0.25, 0.3) is 11.0 Å². The van der Waals surface area contributed by atoms with Crippen LogP contribution in [-0.4, -0.2) is 9.55 Å². The lowest BCUT2D eigenvalue weighted by atomic mass is 10.2. The highest BCUT2D eigenvalue weighted by molar-refractivity contribution is 7.98. The Balaban J connectivity index is 1.86. The fourth-order valence-corrected chi connectivity index (χ4v) is 3.11. The molecule has 0 radical (unpaired) electrons. The Morgan fingerprint density at radius 2 is 1.95 bits per heavy atom. The first kappa shape index (κ1) is 13.2. The molecule has 2 N–H and O–H groups in total. The third-order valence-electron chi connectivity index (χ3n) is 3.38. The predicted octanol–water partition coefficient (Wildman–Crippen LogP) is 3.32. The van der Waals surface area contributed by atoms with Crippen molar-refractivity contribution in [1.82, 2.24) is 9.55 Å². The molecule has 2 aromatic carbocycles. The summed E-state index contributed by atoms with van der Waals surface area (Å²) in [6.45, 7) is 0.565. The van der Waals surface area contributed by atoms with E-state index in [4.69, 9.17) is 10.7 Å². The van der Waals surface area contributed by atoms with Gasteiger partial charge >= 0.3 is 0 Å². The lowest BCUT2D eigenvalue weighted by Gasteiger charge is -2.03. The number of nitrogens with two attached hydrogens (primary N) is 1. The monoisotopic (exact) mass is 283 g/mol. The van der Waals surface area contributed by atoms with E-state index in [1.807, 2.05) is 18.2 Å². The highest BCUT2D eigenvalue weighted by Crippen LogP contribution is 2.24. The topological polar surface area (TPSA) is 43.8 Å². The number of fused-ring (bicyclic) bond motifs is 1. The number of benzene rings is 2. The Morgan fingerprint density at radius 3 is 2.70 bits per heavy atom. The zero-order valence-corrected chi connectivity index (χ0v) is 12.2. The van der Waals surface area contributed by atoms with Crippen molar-refractivity contribution in [2.24, 2.45) is 12.8 Å². The lowest BCUT2D eigenvalue weighted by Crippen LogP contribution is -1.98. The summed E-state index contributed by atoms with van der Waals surface area (Å²) in [5, 5.41) is 0. The van der Waals surface area contributed by atoms with Gasteiger partial charge in [-0.1, -0.05) is 24.3 Å². The van der Waals surface area contributed by atoms with Crippen molar-refractivity contribution in [3.63, 3.8) is 0 Å². The van der Waals surface area contributed by atoms with E-state index in [9.17, 15) is 0 Å². The summed E-state index contributed by atoms with van der Waals surface area (Å²) in [5.74, 6) is 1.95. The number of aromatic nitrogens is 2. The number of rotatable bonds is 4. The minimum Gasteiger partial charge on any atom is -0.330 e. The van der Waals surface area contributed by atoms with Gasteiger partial charge in [0.25, 0.3) is 0 Å². The van der Waals surface area contributed by atoms with Gasteiger partial charge < -0.3 is 10.3 Å². The van der Waals surface area contributed by atoms with E-state index in [2.05, 4.69) is 41.9 Å². The summed E-state index contributed by atoms with van der Waals surface area (Å²) in [6, 6.07) is 16.6. The molecule has 0 spiro atoms. The van der Waals surface area contributed by atoms with Crippen LogP contribution in [0.2, 0.25) is 0 Å². The maximum Gasteiger partial charge on any atom is 0.120 e. The molecule has 0 unspecified atom stereocenters. The molecule has 0 aliphatic heterocycles. The molecule has 0 atom stereocenters. The Morgan fingerprint density at radius 1 is 1.15 bits per heavy atom. The van der Waals surface area contributed by atoms with Crippen LogP contribution in [0.5, 0.6) is 0 Å². The van der Waals surface area contributed by atoms with Crippen molar-refractivity contribution >= 4 is 22.8 Å². The fraction of sp³-hybridized carbons (Fsp3) is 0.188. The molecule has 0 fully saturated rings. The summed E-state index contributed by atoms with van der Waals surface area (Å²) in [7, 11) is 2.07. The van der Waals surface area contributed by atoms with Gasteiger partial charge in [0.1, 0.15) is 5.82 Å². The first-order valence-corrected chi connectivity index (χ1v) is 7.58. The van der Waals surface area contributed by atoms with Gasteiger partial charge in [0, 0.05) is 18.5 Å². The molecular formula is C16H17N3S. The van der Waals surface area contributed by atoms with E-state index < -0.39 is 0 Å². The van der Waals surface area contributed by atoms with E-state index in [-0.39, 0.29) is 0 Å². The van der Waals surface area contributed by atoms with Crippen LogP contribution >= 0.6 is 11.8 Å². The molecule has 0 saturated heterocycles.